The number of nitrogens with one attached hydrogen (secondary N) is 1. The summed E-state index contributed by atoms with van der Waals surface area (Å²) in [5.74, 6) is 0.821. The summed E-state index contributed by atoms with van der Waals surface area (Å²) < 4.78 is 5.26. The van der Waals surface area contributed by atoms with Crippen LogP contribution in [0, 0.1) is 0 Å². The van der Waals surface area contributed by atoms with Crippen molar-refractivity contribution in [2.45, 2.75) is 12.8 Å². The minimum Gasteiger partial charge on any atom is -0.359 e. The lowest BCUT2D eigenvalue weighted by molar-refractivity contribution is -0.250. The van der Waals surface area contributed by atoms with Gasteiger partial charge in [0.2, 0.25) is 0 Å². The fourth-order valence-corrected chi connectivity index (χ4v) is 2.23. The summed E-state index contributed by atoms with van der Waals surface area (Å²) in [4.78, 5) is 5.85. The third kappa shape index (κ3) is 1.37. The molecule has 6 heteroatoms. The molecule has 1 unspecified atom stereocenters. The molecule has 2 saturated heterocycles. The molecular formula is C9H15N4O2+. The average Bonchev–Trinajstić information content (AvgIpc) is 3.02. The van der Waals surface area contributed by atoms with E-state index in [4.69, 9.17) is 9.36 Å². The summed E-state index contributed by atoms with van der Waals surface area (Å²) in [6, 6.07) is 1.87. The molecule has 0 aliphatic carbocycles. The standard InChI is InChI=1S/C9H15N4O2/c1-4-10-12(5-1)13(6-2-7-15-13)9-3-8-14-11-9/h3,8,10H,1-2,4-7H2/q+1. The van der Waals surface area contributed by atoms with E-state index in [2.05, 4.69) is 15.7 Å². The predicted octanol–water partition coefficient (Wildman–Crippen LogP) is 0.442. The summed E-state index contributed by atoms with van der Waals surface area (Å²) in [6.07, 6.45) is 3.78. The van der Waals surface area contributed by atoms with E-state index in [1.807, 2.05) is 6.07 Å². The molecule has 0 amide bonds. The average molecular weight is 211 g/mol. The lowest BCUT2D eigenvalue weighted by atomic mass is 10.4. The van der Waals surface area contributed by atoms with Crippen LogP contribution in [-0.4, -0.2) is 36.5 Å². The maximum atomic E-state index is 5.85. The number of rotatable bonds is 2. The van der Waals surface area contributed by atoms with E-state index >= 15 is 0 Å². The molecule has 0 aromatic carbocycles. The molecule has 0 saturated carbocycles. The first kappa shape index (κ1) is 9.29. The van der Waals surface area contributed by atoms with Gasteiger partial charge in [0, 0.05) is 13.0 Å². The molecule has 1 N–H and O–H groups in total. The molecule has 2 aliphatic heterocycles. The molecule has 1 aromatic heterocycles. The Morgan fingerprint density at radius 1 is 1.47 bits per heavy atom. The van der Waals surface area contributed by atoms with Crippen molar-refractivity contribution in [3.05, 3.63) is 12.3 Å². The van der Waals surface area contributed by atoms with Crippen LogP contribution >= 0.6 is 0 Å². The van der Waals surface area contributed by atoms with Gasteiger partial charge in [-0.05, 0) is 21.5 Å². The minimum absolute atomic E-state index is 0.344. The van der Waals surface area contributed by atoms with E-state index in [0.29, 0.717) is 4.76 Å². The fraction of sp³-hybridized carbons (Fsp3) is 0.667. The van der Waals surface area contributed by atoms with Crippen molar-refractivity contribution in [2.24, 2.45) is 0 Å². The Kier molecular flexibility index (Phi) is 2.21. The molecule has 3 rings (SSSR count). The van der Waals surface area contributed by atoms with Crippen LogP contribution in [0.3, 0.4) is 0 Å². The van der Waals surface area contributed by atoms with E-state index in [0.717, 1.165) is 44.9 Å². The molecule has 0 bridgehead atoms. The molecule has 2 aliphatic rings. The first-order valence-corrected chi connectivity index (χ1v) is 5.37. The Labute approximate surface area is 87.9 Å². The van der Waals surface area contributed by atoms with Gasteiger partial charge < -0.3 is 4.52 Å². The molecule has 15 heavy (non-hydrogen) atoms. The molecule has 0 spiro atoms. The lowest BCUT2D eigenvalue weighted by Gasteiger charge is -2.33. The maximum Gasteiger partial charge on any atom is 0.319 e. The molecule has 0 radical (unpaired) electrons. The SMILES string of the molecule is c1cc([N+]2(N3CCCN3)CCCO2)no1. The number of hydrazine groups is 1. The van der Waals surface area contributed by atoms with Crippen molar-refractivity contribution in [1.29, 1.82) is 0 Å². The van der Waals surface area contributed by atoms with Gasteiger partial charge in [0.05, 0.1) is 12.6 Å². The molecule has 1 aromatic rings. The van der Waals surface area contributed by atoms with Crippen LogP contribution in [0.1, 0.15) is 12.8 Å². The number of nitrogens with zero attached hydrogens (tertiary/aromatic N) is 3. The van der Waals surface area contributed by atoms with Crippen molar-refractivity contribution >= 4 is 5.82 Å². The highest BCUT2D eigenvalue weighted by Gasteiger charge is 2.47. The number of quaternary nitrogens is 1. The van der Waals surface area contributed by atoms with Gasteiger partial charge in [0.1, 0.15) is 19.4 Å². The molecule has 1 atom stereocenters. The van der Waals surface area contributed by atoms with Crippen LogP contribution in [0.15, 0.2) is 16.9 Å². The molecule has 82 valence electrons. The Morgan fingerprint density at radius 3 is 3.07 bits per heavy atom. The number of hydroxylamine groups is 1. The van der Waals surface area contributed by atoms with Gasteiger partial charge in [0.25, 0.3) is 0 Å². The quantitative estimate of drug-likeness (QED) is 0.719. The van der Waals surface area contributed by atoms with E-state index in [1.165, 1.54) is 0 Å². The Bertz CT molecular complexity index is 315. The van der Waals surface area contributed by atoms with Crippen LogP contribution in [0.25, 0.3) is 0 Å². The zero-order chi connectivity index (χ0) is 10.1. The summed E-state index contributed by atoms with van der Waals surface area (Å²) in [5, 5.41) is 6.11. The summed E-state index contributed by atoms with van der Waals surface area (Å²) >= 11 is 0. The number of hydrogen-bond donors (Lipinski definition) is 1. The normalized spacial score (nSPS) is 32.5. The van der Waals surface area contributed by atoms with Gasteiger partial charge >= 0.3 is 5.82 Å². The van der Waals surface area contributed by atoms with Gasteiger partial charge in [-0.3, -0.25) is 0 Å². The van der Waals surface area contributed by atoms with Gasteiger partial charge in [-0.15, -0.1) is 0 Å². The Morgan fingerprint density at radius 2 is 2.47 bits per heavy atom. The summed E-state index contributed by atoms with van der Waals surface area (Å²) in [6.45, 7) is 3.67. The van der Waals surface area contributed by atoms with Crippen molar-refractivity contribution < 1.29 is 9.36 Å². The van der Waals surface area contributed by atoms with Crippen LogP contribution in [0.5, 0.6) is 0 Å². The van der Waals surface area contributed by atoms with Crippen LogP contribution in [-0.2, 0) is 4.84 Å². The number of aromatic nitrogens is 1. The van der Waals surface area contributed by atoms with Gasteiger partial charge in [0.15, 0.2) is 0 Å². The van der Waals surface area contributed by atoms with Crippen molar-refractivity contribution in [2.75, 3.05) is 26.2 Å². The Balaban J connectivity index is 1.94. The van der Waals surface area contributed by atoms with Crippen molar-refractivity contribution in [1.82, 2.24) is 20.5 Å². The topological polar surface area (TPSA) is 50.5 Å². The van der Waals surface area contributed by atoms with E-state index in [-0.39, 0.29) is 0 Å². The van der Waals surface area contributed by atoms with Crippen molar-refractivity contribution in [3.8, 4) is 0 Å². The zero-order valence-corrected chi connectivity index (χ0v) is 8.56. The van der Waals surface area contributed by atoms with Gasteiger partial charge in [-0.2, -0.15) is 4.84 Å². The predicted molar refractivity (Wildman–Crippen MR) is 53.1 cm³/mol. The highest BCUT2D eigenvalue weighted by atomic mass is 16.8. The minimum atomic E-state index is 0.344. The Hall–Kier alpha value is -0.950. The van der Waals surface area contributed by atoms with E-state index in [9.17, 15) is 0 Å². The second-order valence-corrected chi connectivity index (χ2v) is 3.85. The third-order valence-electron chi connectivity index (χ3n) is 2.92. The zero-order valence-electron chi connectivity index (χ0n) is 8.56. The largest absolute Gasteiger partial charge is 0.359 e. The fourth-order valence-electron chi connectivity index (χ4n) is 2.23. The van der Waals surface area contributed by atoms with Gasteiger partial charge in [-0.1, -0.05) is 0 Å². The van der Waals surface area contributed by atoms with Crippen molar-refractivity contribution in [3.63, 3.8) is 0 Å². The highest BCUT2D eigenvalue weighted by Crippen LogP contribution is 2.29. The molecule has 6 nitrogen and oxygen atoms in total. The second kappa shape index (κ2) is 3.57. The van der Waals surface area contributed by atoms with Crippen LogP contribution in [0.4, 0.5) is 5.82 Å². The summed E-state index contributed by atoms with van der Waals surface area (Å²) in [5.41, 5.74) is 3.33. The van der Waals surface area contributed by atoms with Crippen LogP contribution in [0.2, 0.25) is 0 Å². The van der Waals surface area contributed by atoms with Gasteiger partial charge in [-0.25, -0.2) is 5.43 Å². The third-order valence-corrected chi connectivity index (χ3v) is 2.92. The highest BCUT2D eigenvalue weighted by molar-refractivity contribution is 5.27. The van der Waals surface area contributed by atoms with E-state index < -0.39 is 0 Å². The molecule has 3 heterocycles. The lowest BCUT2D eigenvalue weighted by Crippen LogP contribution is -2.62. The first-order valence-electron chi connectivity index (χ1n) is 5.37. The summed E-state index contributed by atoms with van der Waals surface area (Å²) in [7, 11) is 0. The maximum absolute atomic E-state index is 5.85. The molecule has 2 fully saturated rings. The second-order valence-electron chi connectivity index (χ2n) is 3.85. The first-order chi connectivity index (χ1) is 7.42. The monoisotopic (exact) mass is 211 g/mol. The van der Waals surface area contributed by atoms with Crippen LogP contribution < -0.4 is 10.2 Å². The smallest absolute Gasteiger partial charge is 0.319 e. The molecular weight excluding hydrogens is 196 g/mol. The number of hydrogen-bond acceptors (Lipinski definition) is 5. The van der Waals surface area contributed by atoms with E-state index in [1.54, 1.807) is 6.26 Å².